The van der Waals surface area contributed by atoms with Crippen molar-refractivity contribution in [3.8, 4) is 0 Å². The highest BCUT2D eigenvalue weighted by Crippen LogP contribution is 2.28. The number of nitro benzene ring substituents is 1. The molecule has 1 aromatic heterocycles. The Labute approximate surface area is 94.2 Å². The summed E-state index contributed by atoms with van der Waals surface area (Å²) in [5.41, 5.74) is 1.14. The zero-order valence-corrected chi connectivity index (χ0v) is 9.48. The van der Waals surface area contributed by atoms with Crippen molar-refractivity contribution < 1.29 is 4.92 Å². The van der Waals surface area contributed by atoms with Gasteiger partial charge in [0.1, 0.15) is 5.52 Å². The number of fused-ring (bicyclic) bond motifs is 1. The number of nitro groups is 1. The van der Waals surface area contributed by atoms with Gasteiger partial charge in [-0.3, -0.25) is 10.1 Å². The molecule has 2 rings (SSSR count). The minimum atomic E-state index is -0.390. The highest BCUT2D eigenvalue weighted by molar-refractivity contribution is 9.10. The van der Waals surface area contributed by atoms with E-state index in [1.807, 2.05) is 12.1 Å². The Balaban J connectivity index is 2.88. The lowest BCUT2D eigenvalue weighted by molar-refractivity contribution is -0.383. The summed E-state index contributed by atoms with van der Waals surface area (Å²) < 4.78 is 0.813. The Morgan fingerprint density at radius 2 is 2.20 bits per heavy atom. The van der Waals surface area contributed by atoms with Crippen LogP contribution in [0.25, 0.3) is 10.9 Å². The SMILES string of the molecule is Cc1ccc2cc(Br)cnc2c1[N+](=O)[O-]. The quantitative estimate of drug-likeness (QED) is 0.588. The van der Waals surface area contributed by atoms with Gasteiger partial charge in [-0.15, -0.1) is 0 Å². The van der Waals surface area contributed by atoms with Gasteiger partial charge >= 0.3 is 0 Å². The van der Waals surface area contributed by atoms with Crippen LogP contribution in [0.1, 0.15) is 5.56 Å². The van der Waals surface area contributed by atoms with Crippen molar-refractivity contribution in [2.24, 2.45) is 0 Å². The van der Waals surface area contributed by atoms with Crippen LogP contribution in [0, 0.1) is 17.0 Å². The summed E-state index contributed by atoms with van der Waals surface area (Å²) in [6.45, 7) is 1.71. The number of halogens is 1. The molecule has 0 atom stereocenters. The smallest absolute Gasteiger partial charge is 0.258 e. The van der Waals surface area contributed by atoms with Gasteiger partial charge in [-0.2, -0.15) is 0 Å². The lowest BCUT2D eigenvalue weighted by atomic mass is 10.1. The Bertz CT molecular complexity index is 554. The molecule has 0 amide bonds. The van der Waals surface area contributed by atoms with E-state index >= 15 is 0 Å². The second kappa shape index (κ2) is 3.58. The van der Waals surface area contributed by atoms with E-state index in [0.717, 1.165) is 9.86 Å². The van der Waals surface area contributed by atoms with Crippen LogP contribution in [-0.4, -0.2) is 9.91 Å². The van der Waals surface area contributed by atoms with Crippen molar-refractivity contribution in [2.45, 2.75) is 6.92 Å². The van der Waals surface area contributed by atoms with Crippen LogP contribution in [0.15, 0.2) is 28.9 Å². The topological polar surface area (TPSA) is 56.0 Å². The van der Waals surface area contributed by atoms with Gasteiger partial charge < -0.3 is 0 Å². The molecule has 0 fully saturated rings. The third kappa shape index (κ3) is 1.70. The van der Waals surface area contributed by atoms with Crippen LogP contribution in [0.5, 0.6) is 0 Å². The summed E-state index contributed by atoms with van der Waals surface area (Å²) in [4.78, 5) is 14.6. The summed E-state index contributed by atoms with van der Waals surface area (Å²) in [6, 6.07) is 5.37. The molecule has 0 saturated heterocycles. The van der Waals surface area contributed by atoms with Crippen LogP contribution in [-0.2, 0) is 0 Å². The molecule has 0 unspecified atom stereocenters. The van der Waals surface area contributed by atoms with E-state index in [9.17, 15) is 10.1 Å². The molecule has 0 bridgehead atoms. The second-order valence-electron chi connectivity index (χ2n) is 3.21. The second-order valence-corrected chi connectivity index (χ2v) is 4.13. The molecule has 0 spiro atoms. The predicted octanol–water partition coefficient (Wildman–Crippen LogP) is 3.21. The molecule has 0 aliphatic rings. The highest BCUT2D eigenvalue weighted by atomic mass is 79.9. The lowest BCUT2D eigenvalue weighted by Gasteiger charge is -2.01. The van der Waals surface area contributed by atoms with Crippen LogP contribution in [0.2, 0.25) is 0 Å². The van der Waals surface area contributed by atoms with Gasteiger partial charge in [0.2, 0.25) is 0 Å². The van der Waals surface area contributed by atoms with E-state index in [-0.39, 0.29) is 5.69 Å². The fraction of sp³-hybridized carbons (Fsp3) is 0.100. The predicted molar refractivity (Wildman–Crippen MR) is 60.8 cm³/mol. The molecule has 0 radical (unpaired) electrons. The van der Waals surface area contributed by atoms with Gasteiger partial charge in [0.15, 0.2) is 0 Å². The van der Waals surface area contributed by atoms with Crippen LogP contribution in [0.4, 0.5) is 5.69 Å². The van der Waals surface area contributed by atoms with Crippen LogP contribution >= 0.6 is 15.9 Å². The third-order valence-electron chi connectivity index (χ3n) is 2.18. The first-order valence-corrected chi connectivity index (χ1v) is 5.08. The molecule has 5 heteroatoms. The maximum absolute atomic E-state index is 10.9. The number of aryl methyl sites for hydroxylation is 1. The summed E-state index contributed by atoms with van der Waals surface area (Å²) in [7, 11) is 0. The molecular formula is C10H7BrN2O2. The van der Waals surface area contributed by atoms with Crippen molar-refractivity contribution in [2.75, 3.05) is 0 Å². The number of rotatable bonds is 1. The first-order chi connectivity index (χ1) is 7.09. The Morgan fingerprint density at radius 1 is 1.47 bits per heavy atom. The van der Waals surface area contributed by atoms with E-state index < -0.39 is 4.92 Å². The summed E-state index contributed by atoms with van der Waals surface area (Å²) in [5.74, 6) is 0. The van der Waals surface area contributed by atoms with E-state index in [4.69, 9.17) is 0 Å². The molecule has 0 aliphatic carbocycles. The number of pyridine rings is 1. The van der Waals surface area contributed by atoms with E-state index in [0.29, 0.717) is 11.1 Å². The fourth-order valence-corrected chi connectivity index (χ4v) is 1.84. The minimum absolute atomic E-state index is 0.0833. The Kier molecular flexibility index (Phi) is 2.40. The molecular weight excluding hydrogens is 260 g/mol. The van der Waals surface area contributed by atoms with Gasteiger partial charge in [-0.1, -0.05) is 12.1 Å². The first kappa shape index (κ1) is 10.0. The zero-order valence-electron chi connectivity index (χ0n) is 7.90. The van der Waals surface area contributed by atoms with Gasteiger partial charge in [0.05, 0.1) is 4.92 Å². The van der Waals surface area contributed by atoms with Gasteiger partial charge in [0.25, 0.3) is 5.69 Å². The minimum Gasteiger partial charge on any atom is -0.258 e. The average Bonchev–Trinajstić information content (AvgIpc) is 2.17. The molecule has 4 nitrogen and oxygen atoms in total. The number of benzene rings is 1. The van der Waals surface area contributed by atoms with Gasteiger partial charge in [-0.25, -0.2) is 4.98 Å². The molecule has 1 heterocycles. The fourth-order valence-electron chi connectivity index (χ4n) is 1.49. The highest BCUT2D eigenvalue weighted by Gasteiger charge is 2.16. The maximum atomic E-state index is 10.9. The molecule has 0 aliphatic heterocycles. The van der Waals surface area contributed by atoms with Crippen molar-refractivity contribution in [3.63, 3.8) is 0 Å². The van der Waals surface area contributed by atoms with Gasteiger partial charge in [0, 0.05) is 21.6 Å². The number of aromatic nitrogens is 1. The Hall–Kier alpha value is -1.49. The molecule has 2 aromatic rings. The largest absolute Gasteiger partial charge is 0.298 e. The Morgan fingerprint density at radius 3 is 2.87 bits per heavy atom. The summed E-state index contributed by atoms with van der Waals surface area (Å²) in [5, 5.41) is 11.6. The normalized spacial score (nSPS) is 10.5. The average molecular weight is 267 g/mol. The summed E-state index contributed by atoms with van der Waals surface area (Å²) in [6.07, 6.45) is 1.56. The number of hydrogen-bond donors (Lipinski definition) is 0. The third-order valence-corrected chi connectivity index (χ3v) is 2.61. The van der Waals surface area contributed by atoms with Crippen molar-refractivity contribution in [3.05, 3.63) is 44.5 Å². The van der Waals surface area contributed by atoms with E-state index in [1.54, 1.807) is 19.2 Å². The first-order valence-electron chi connectivity index (χ1n) is 4.29. The van der Waals surface area contributed by atoms with Crippen molar-refractivity contribution in [1.82, 2.24) is 4.98 Å². The monoisotopic (exact) mass is 266 g/mol. The molecule has 15 heavy (non-hydrogen) atoms. The standard InChI is InChI=1S/C10H7BrN2O2/c1-6-2-3-7-4-8(11)5-12-9(7)10(6)13(14)15/h2-5H,1H3. The van der Waals surface area contributed by atoms with E-state index in [1.165, 1.54) is 0 Å². The number of nitrogens with zero attached hydrogens (tertiary/aromatic N) is 2. The van der Waals surface area contributed by atoms with Crippen LogP contribution < -0.4 is 0 Å². The molecule has 1 aromatic carbocycles. The number of hydrogen-bond acceptors (Lipinski definition) is 3. The van der Waals surface area contributed by atoms with E-state index in [2.05, 4.69) is 20.9 Å². The lowest BCUT2D eigenvalue weighted by Crippen LogP contribution is -1.94. The maximum Gasteiger partial charge on any atom is 0.298 e. The van der Waals surface area contributed by atoms with Crippen LogP contribution in [0.3, 0.4) is 0 Å². The molecule has 0 N–H and O–H groups in total. The summed E-state index contributed by atoms with van der Waals surface area (Å²) >= 11 is 3.28. The zero-order chi connectivity index (χ0) is 11.0. The molecule has 76 valence electrons. The van der Waals surface area contributed by atoms with Crippen molar-refractivity contribution >= 4 is 32.5 Å². The van der Waals surface area contributed by atoms with Gasteiger partial charge in [-0.05, 0) is 28.9 Å². The van der Waals surface area contributed by atoms with Crippen molar-refractivity contribution in [1.29, 1.82) is 0 Å². The molecule has 0 saturated carbocycles.